The van der Waals surface area contributed by atoms with Crippen LogP contribution in [0.4, 0.5) is 0 Å². The molecule has 6 heteroatoms. The molecule has 0 aromatic heterocycles. The highest BCUT2D eigenvalue weighted by Gasteiger charge is 2.47. The van der Waals surface area contributed by atoms with E-state index in [1.54, 1.807) is 35.7 Å². The SMILES string of the molecule is CCCCCCCCC1CN(C(c2ccccc2)(c2ccccc2)c2ccccc2)CCN1S(=O)(=O)c1cccc(OC)c1. The molecule has 4 aromatic rings. The van der Waals surface area contributed by atoms with Crippen LogP contribution in [0.15, 0.2) is 120 Å². The number of ether oxygens (including phenoxy) is 1. The molecule has 0 radical (unpaired) electrons. The van der Waals surface area contributed by atoms with E-state index in [-0.39, 0.29) is 6.04 Å². The summed E-state index contributed by atoms with van der Waals surface area (Å²) in [5.74, 6) is 0.549. The second kappa shape index (κ2) is 15.0. The standard InChI is InChI=1S/C38H46N2O3S/c1-3-4-5-6-7-17-25-35-31-39(28-29-40(35)44(41,42)37-27-18-26-36(30-37)43-2)38(32-19-11-8-12-20-32,33-21-13-9-14-22-33)34-23-15-10-16-24-34/h8-16,18-24,26-27,30,35H,3-7,17,25,28-29,31H2,1-2H3. The average Bonchev–Trinajstić information content (AvgIpc) is 3.08. The van der Waals surface area contributed by atoms with Crippen molar-refractivity contribution in [3.63, 3.8) is 0 Å². The van der Waals surface area contributed by atoms with Gasteiger partial charge in [0, 0.05) is 31.7 Å². The zero-order chi connectivity index (χ0) is 30.8. The highest BCUT2D eigenvalue weighted by atomic mass is 32.2. The number of hydrogen-bond acceptors (Lipinski definition) is 4. The Bertz CT molecular complexity index is 1450. The van der Waals surface area contributed by atoms with Gasteiger partial charge in [0.05, 0.1) is 17.5 Å². The van der Waals surface area contributed by atoms with E-state index < -0.39 is 15.6 Å². The van der Waals surface area contributed by atoms with Gasteiger partial charge >= 0.3 is 0 Å². The van der Waals surface area contributed by atoms with Crippen molar-refractivity contribution in [1.82, 2.24) is 9.21 Å². The Morgan fingerprint density at radius 2 is 1.25 bits per heavy atom. The average molecular weight is 611 g/mol. The van der Waals surface area contributed by atoms with Crippen LogP contribution < -0.4 is 4.74 Å². The molecule has 1 atom stereocenters. The van der Waals surface area contributed by atoms with Crippen molar-refractivity contribution in [2.24, 2.45) is 0 Å². The first-order valence-corrected chi connectivity index (χ1v) is 17.5. The predicted molar refractivity (Wildman–Crippen MR) is 179 cm³/mol. The van der Waals surface area contributed by atoms with Gasteiger partial charge in [-0.2, -0.15) is 4.31 Å². The first kappa shape index (κ1) is 32.0. The molecule has 4 aromatic carbocycles. The number of benzene rings is 4. The number of sulfonamides is 1. The molecule has 1 aliphatic heterocycles. The third-order valence-corrected chi connectivity index (χ3v) is 11.0. The summed E-state index contributed by atoms with van der Waals surface area (Å²) >= 11 is 0. The number of nitrogens with zero attached hydrogens (tertiary/aromatic N) is 2. The summed E-state index contributed by atoms with van der Waals surface area (Å²) in [7, 11) is -2.16. The van der Waals surface area contributed by atoms with Crippen molar-refractivity contribution in [2.75, 3.05) is 26.7 Å². The fourth-order valence-electron chi connectivity index (χ4n) is 6.84. The summed E-state index contributed by atoms with van der Waals surface area (Å²) in [5.41, 5.74) is 2.97. The molecule has 1 fully saturated rings. The summed E-state index contributed by atoms with van der Waals surface area (Å²) < 4.78 is 35.7. The minimum Gasteiger partial charge on any atom is -0.497 e. The lowest BCUT2D eigenvalue weighted by molar-refractivity contribution is 0.0664. The van der Waals surface area contributed by atoms with Gasteiger partial charge in [0.25, 0.3) is 0 Å². The Balaban J connectivity index is 1.57. The van der Waals surface area contributed by atoms with Crippen LogP contribution in [0.1, 0.15) is 68.6 Å². The van der Waals surface area contributed by atoms with Crippen LogP contribution in [-0.2, 0) is 15.6 Å². The third kappa shape index (κ3) is 6.78. The molecule has 0 aliphatic carbocycles. The van der Waals surface area contributed by atoms with Gasteiger partial charge in [-0.25, -0.2) is 8.42 Å². The maximum Gasteiger partial charge on any atom is 0.243 e. The van der Waals surface area contributed by atoms with Crippen molar-refractivity contribution in [1.29, 1.82) is 0 Å². The lowest BCUT2D eigenvalue weighted by atomic mass is 9.75. The van der Waals surface area contributed by atoms with Crippen molar-refractivity contribution < 1.29 is 13.2 Å². The molecule has 5 rings (SSSR count). The molecule has 0 spiro atoms. The number of rotatable bonds is 14. The van der Waals surface area contributed by atoms with Gasteiger partial charge in [0.15, 0.2) is 0 Å². The Morgan fingerprint density at radius 1 is 0.705 bits per heavy atom. The van der Waals surface area contributed by atoms with E-state index in [4.69, 9.17) is 4.74 Å². The lowest BCUT2D eigenvalue weighted by Crippen LogP contribution is -2.61. The molecule has 0 bridgehead atoms. The molecule has 5 nitrogen and oxygen atoms in total. The number of methoxy groups -OCH3 is 1. The van der Waals surface area contributed by atoms with E-state index in [0.29, 0.717) is 30.3 Å². The fraction of sp³-hybridized carbons (Fsp3) is 0.368. The van der Waals surface area contributed by atoms with E-state index in [1.807, 2.05) is 0 Å². The Kier molecular flexibility index (Phi) is 10.9. The van der Waals surface area contributed by atoms with Gasteiger partial charge in [0.1, 0.15) is 5.75 Å². The highest BCUT2D eigenvalue weighted by Crippen LogP contribution is 2.44. The molecule has 0 amide bonds. The fourth-order valence-corrected chi connectivity index (χ4v) is 8.51. The predicted octanol–water partition coefficient (Wildman–Crippen LogP) is 8.11. The molecule has 1 saturated heterocycles. The second-order valence-electron chi connectivity index (χ2n) is 11.8. The lowest BCUT2D eigenvalue weighted by Gasteiger charge is -2.51. The Hall–Kier alpha value is -3.45. The molecule has 1 heterocycles. The summed E-state index contributed by atoms with van der Waals surface area (Å²) in [6.07, 6.45) is 7.82. The quantitative estimate of drug-likeness (QED) is 0.107. The molecular weight excluding hydrogens is 564 g/mol. The van der Waals surface area contributed by atoms with Gasteiger partial charge < -0.3 is 4.74 Å². The molecule has 1 aliphatic rings. The van der Waals surface area contributed by atoms with E-state index >= 15 is 0 Å². The van der Waals surface area contributed by atoms with Crippen molar-refractivity contribution in [2.45, 2.75) is 68.3 Å². The molecule has 0 saturated carbocycles. The van der Waals surface area contributed by atoms with Crippen LogP contribution in [-0.4, -0.2) is 50.4 Å². The maximum absolute atomic E-state index is 14.3. The van der Waals surface area contributed by atoms with Crippen molar-refractivity contribution in [3.05, 3.63) is 132 Å². The number of unbranched alkanes of at least 4 members (excludes halogenated alkanes) is 5. The molecular formula is C38H46N2O3S. The Morgan fingerprint density at radius 3 is 1.80 bits per heavy atom. The first-order chi connectivity index (χ1) is 21.5. The van der Waals surface area contributed by atoms with Crippen LogP contribution in [0, 0.1) is 0 Å². The minimum absolute atomic E-state index is 0.165. The van der Waals surface area contributed by atoms with E-state index in [9.17, 15) is 8.42 Å². The molecule has 232 valence electrons. The summed E-state index contributed by atoms with van der Waals surface area (Å²) in [4.78, 5) is 2.82. The van der Waals surface area contributed by atoms with Gasteiger partial charge in [-0.05, 0) is 35.2 Å². The van der Waals surface area contributed by atoms with Gasteiger partial charge in [-0.3, -0.25) is 4.90 Å². The zero-order valence-corrected chi connectivity index (χ0v) is 27.0. The van der Waals surface area contributed by atoms with Crippen molar-refractivity contribution >= 4 is 10.0 Å². The topological polar surface area (TPSA) is 49.9 Å². The summed E-state index contributed by atoms with van der Waals surface area (Å²) in [5, 5.41) is 0. The van der Waals surface area contributed by atoms with E-state index in [1.165, 1.54) is 42.4 Å². The van der Waals surface area contributed by atoms with Crippen LogP contribution >= 0.6 is 0 Å². The number of piperazine rings is 1. The van der Waals surface area contributed by atoms with Crippen LogP contribution in [0.25, 0.3) is 0 Å². The summed E-state index contributed by atoms with van der Waals surface area (Å²) in [6.45, 7) is 3.86. The van der Waals surface area contributed by atoms with Gasteiger partial charge in [-0.1, -0.05) is 143 Å². The summed E-state index contributed by atoms with van der Waals surface area (Å²) in [6, 6.07) is 38.8. The second-order valence-corrected chi connectivity index (χ2v) is 13.7. The highest BCUT2D eigenvalue weighted by molar-refractivity contribution is 7.89. The van der Waals surface area contributed by atoms with Gasteiger partial charge in [0.2, 0.25) is 10.0 Å². The molecule has 1 unspecified atom stereocenters. The first-order valence-electron chi connectivity index (χ1n) is 16.1. The van der Waals surface area contributed by atoms with Crippen molar-refractivity contribution in [3.8, 4) is 5.75 Å². The smallest absolute Gasteiger partial charge is 0.243 e. The van der Waals surface area contributed by atoms with Crippen LogP contribution in [0.2, 0.25) is 0 Å². The van der Waals surface area contributed by atoms with Crippen LogP contribution in [0.5, 0.6) is 5.75 Å². The zero-order valence-electron chi connectivity index (χ0n) is 26.1. The molecule has 44 heavy (non-hydrogen) atoms. The number of hydrogen-bond donors (Lipinski definition) is 0. The maximum atomic E-state index is 14.3. The largest absolute Gasteiger partial charge is 0.497 e. The molecule has 0 N–H and O–H groups in total. The van der Waals surface area contributed by atoms with E-state index in [2.05, 4.69) is 103 Å². The third-order valence-electron chi connectivity index (χ3n) is 9.02. The monoisotopic (exact) mass is 610 g/mol. The van der Waals surface area contributed by atoms with Gasteiger partial charge in [-0.15, -0.1) is 0 Å². The Labute approximate surface area is 264 Å². The van der Waals surface area contributed by atoms with E-state index in [0.717, 1.165) is 19.3 Å². The minimum atomic E-state index is -3.73. The van der Waals surface area contributed by atoms with Crippen LogP contribution in [0.3, 0.4) is 0 Å². The normalized spacial score (nSPS) is 16.5.